The van der Waals surface area contributed by atoms with Crippen LogP contribution < -0.4 is 5.32 Å². The zero-order valence-electron chi connectivity index (χ0n) is 11.7. The Morgan fingerprint density at radius 1 is 1.24 bits per heavy atom. The summed E-state index contributed by atoms with van der Waals surface area (Å²) in [5.41, 5.74) is 3.15. The fourth-order valence-electron chi connectivity index (χ4n) is 3.27. The molecule has 4 nitrogen and oxygen atoms in total. The Morgan fingerprint density at radius 3 is 2.95 bits per heavy atom. The van der Waals surface area contributed by atoms with Crippen LogP contribution in [0.1, 0.15) is 24.4 Å². The summed E-state index contributed by atoms with van der Waals surface area (Å²) in [7, 11) is 0. The van der Waals surface area contributed by atoms with Crippen LogP contribution in [0.4, 0.5) is 0 Å². The minimum absolute atomic E-state index is 0.393. The van der Waals surface area contributed by atoms with Gasteiger partial charge >= 0.3 is 5.82 Å². The molecule has 1 aromatic rings. The van der Waals surface area contributed by atoms with Crippen molar-refractivity contribution in [3.05, 3.63) is 75.7 Å². The minimum Gasteiger partial charge on any atom is -0.488 e. The third-order valence-corrected chi connectivity index (χ3v) is 4.21. The largest absolute Gasteiger partial charge is 0.488 e. The molecule has 0 radical (unpaired) electrons. The first-order chi connectivity index (χ1) is 10.4. The van der Waals surface area contributed by atoms with Gasteiger partial charge in [-0.3, -0.25) is 5.32 Å². The normalized spacial score (nSPS) is 24.2. The lowest BCUT2D eigenvalue weighted by atomic mass is 9.88. The average Bonchev–Trinajstić information content (AvgIpc) is 2.56. The van der Waals surface area contributed by atoms with Gasteiger partial charge in [-0.25, -0.2) is 0 Å². The molecular weight excluding hydrogens is 264 g/mol. The highest BCUT2D eigenvalue weighted by Gasteiger charge is 2.43. The summed E-state index contributed by atoms with van der Waals surface area (Å²) in [6, 6.07) is 9.45. The lowest BCUT2D eigenvalue weighted by molar-refractivity contribution is -0.549. The molecule has 1 aromatic carbocycles. The van der Waals surface area contributed by atoms with Crippen LogP contribution in [0.25, 0.3) is 0 Å². The summed E-state index contributed by atoms with van der Waals surface area (Å²) in [6.07, 6.45) is 6.09. The molecule has 21 heavy (non-hydrogen) atoms. The number of hydrogen-bond acceptors (Lipinski definition) is 3. The second-order valence-electron chi connectivity index (χ2n) is 5.49. The van der Waals surface area contributed by atoms with E-state index >= 15 is 0 Å². The third-order valence-electron chi connectivity index (χ3n) is 4.21. The number of allylic oxidation sites excluding steroid dienone is 3. The first-order valence-corrected chi connectivity index (χ1v) is 7.38. The van der Waals surface area contributed by atoms with Gasteiger partial charge in [0, 0.05) is 11.1 Å². The maximum absolute atomic E-state index is 12.9. The molecule has 0 aromatic heterocycles. The van der Waals surface area contributed by atoms with Gasteiger partial charge in [0.05, 0.1) is 12.1 Å². The third kappa shape index (κ3) is 1.90. The molecule has 0 bridgehead atoms. The summed E-state index contributed by atoms with van der Waals surface area (Å²) >= 11 is 0. The highest BCUT2D eigenvalue weighted by Crippen LogP contribution is 2.42. The van der Waals surface area contributed by atoms with E-state index in [1.807, 2.05) is 36.4 Å². The summed E-state index contributed by atoms with van der Waals surface area (Å²) in [4.78, 5) is 12.9. The van der Waals surface area contributed by atoms with Crippen LogP contribution in [0, 0.1) is 4.91 Å². The lowest BCUT2D eigenvalue weighted by Gasteiger charge is -2.30. The van der Waals surface area contributed by atoms with Crippen molar-refractivity contribution in [2.24, 2.45) is 0 Å². The van der Waals surface area contributed by atoms with E-state index in [0.717, 1.165) is 46.6 Å². The molecule has 0 saturated carbocycles. The van der Waals surface area contributed by atoms with Crippen LogP contribution in [0.2, 0.25) is 0 Å². The second-order valence-corrected chi connectivity index (χ2v) is 5.49. The molecule has 0 amide bonds. The van der Waals surface area contributed by atoms with Gasteiger partial charge < -0.3 is 4.74 Å². The van der Waals surface area contributed by atoms with Gasteiger partial charge in [0.1, 0.15) is 6.61 Å². The molecule has 0 aliphatic carbocycles. The summed E-state index contributed by atoms with van der Waals surface area (Å²) in [5.74, 6) is 1.50. The van der Waals surface area contributed by atoms with E-state index < -0.39 is 6.04 Å². The van der Waals surface area contributed by atoms with Crippen LogP contribution >= 0.6 is 0 Å². The number of ether oxygens (including phenoxy) is 1. The van der Waals surface area contributed by atoms with E-state index in [2.05, 4.69) is 11.4 Å². The molecule has 1 unspecified atom stereocenters. The Balaban J connectivity index is 1.89. The smallest absolute Gasteiger partial charge is 0.318 e. The summed E-state index contributed by atoms with van der Waals surface area (Å²) in [6.45, 7) is 1.39. The molecule has 1 atom stereocenters. The van der Waals surface area contributed by atoms with Gasteiger partial charge in [-0.2, -0.15) is 0 Å². The average molecular weight is 281 g/mol. The molecule has 106 valence electrons. The molecule has 3 aliphatic heterocycles. The van der Waals surface area contributed by atoms with Crippen molar-refractivity contribution in [1.82, 2.24) is 5.32 Å². The molecule has 0 spiro atoms. The van der Waals surface area contributed by atoms with E-state index in [4.69, 9.17) is 4.74 Å². The molecule has 3 heterocycles. The second kappa shape index (κ2) is 4.88. The van der Waals surface area contributed by atoms with Gasteiger partial charge in [0.2, 0.25) is 6.04 Å². The molecule has 0 fully saturated rings. The predicted octanol–water partition coefficient (Wildman–Crippen LogP) is 2.96. The van der Waals surface area contributed by atoms with Gasteiger partial charge in [-0.15, -0.1) is 0 Å². The van der Waals surface area contributed by atoms with Crippen molar-refractivity contribution in [2.75, 3.05) is 13.2 Å². The molecule has 3 aliphatic rings. The van der Waals surface area contributed by atoms with Crippen LogP contribution in [0.3, 0.4) is 0 Å². The molecule has 0 saturated heterocycles. The van der Waals surface area contributed by atoms with Crippen molar-refractivity contribution >= 4 is 0 Å². The van der Waals surface area contributed by atoms with E-state index in [1.54, 1.807) is 0 Å². The van der Waals surface area contributed by atoms with Gasteiger partial charge in [0.25, 0.3) is 0 Å². The zero-order valence-corrected chi connectivity index (χ0v) is 11.7. The Bertz CT molecular complexity index is 686. The van der Waals surface area contributed by atoms with Crippen LogP contribution in [-0.2, 0) is 4.74 Å². The number of rotatable bonds is 1. The summed E-state index contributed by atoms with van der Waals surface area (Å²) < 4.78 is 6.94. The lowest BCUT2D eigenvalue weighted by Crippen LogP contribution is -2.36. The number of nitroso groups, excluding NO2 is 1. The Labute approximate surface area is 123 Å². The van der Waals surface area contributed by atoms with Crippen LogP contribution in [0.5, 0.6) is 0 Å². The number of nitrogens with one attached hydrogen (secondary N) is 1. The standard InChI is InChI=1S/C17H17N2O2/c20-19-15(12-6-2-1-3-7-12)16-13(9-5-11-21-16)14-8-4-10-18-17(14)19/h1-3,5-7,9,15,18H,4,8,10-11H2/q+1. The Kier molecular flexibility index (Phi) is 2.88. The van der Waals surface area contributed by atoms with Crippen molar-refractivity contribution in [1.29, 1.82) is 0 Å². The monoisotopic (exact) mass is 281 g/mol. The van der Waals surface area contributed by atoms with E-state index in [-0.39, 0.29) is 0 Å². The SMILES string of the molecule is O=[N+]1C2=C(CCCN2)C2=C(OCC=C2)C1c1ccccc1. The zero-order chi connectivity index (χ0) is 14.2. The highest BCUT2D eigenvalue weighted by atomic mass is 16.5. The maximum Gasteiger partial charge on any atom is 0.318 e. The molecular formula is C17H17N2O2+. The van der Waals surface area contributed by atoms with E-state index in [0.29, 0.717) is 12.4 Å². The number of benzene rings is 1. The first-order valence-electron chi connectivity index (χ1n) is 7.38. The van der Waals surface area contributed by atoms with Gasteiger partial charge in [-0.1, -0.05) is 41.3 Å². The number of hydrogen-bond donors (Lipinski definition) is 1. The summed E-state index contributed by atoms with van der Waals surface area (Å²) in [5, 5.41) is 3.27. The van der Waals surface area contributed by atoms with E-state index in [9.17, 15) is 4.91 Å². The Hall–Kier alpha value is -2.36. The fourth-order valence-corrected chi connectivity index (χ4v) is 3.27. The quantitative estimate of drug-likeness (QED) is 0.805. The molecule has 4 heteroatoms. The fraction of sp³-hybridized carbons (Fsp3) is 0.294. The Morgan fingerprint density at radius 2 is 2.10 bits per heavy atom. The molecule has 4 rings (SSSR count). The van der Waals surface area contributed by atoms with E-state index in [1.165, 1.54) is 0 Å². The van der Waals surface area contributed by atoms with Crippen LogP contribution in [0.15, 0.2) is 65.2 Å². The van der Waals surface area contributed by atoms with Crippen molar-refractivity contribution in [2.45, 2.75) is 18.9 Å². The van der Waals surface area contributed by atoms with Crippen molar-refractivity contribution in [3.63, 3.8) is 0 Å². The van der Waals surface area contributed by atoms with Crippen LogP contribution in [-0.4, -0.2) is 17.9 Å². The molecule has 1 N–H and O–H groups in total. The minimum atomic E-state index is -0.393. The van der Waals surface area contributed by atoms with Gasteiger partial charge in [0.15, 0.2) is 5.76 Å². The first kappa shape index (κ1) is 12.4. The van der Waals surface area contributed by atoms with Gasteiger partial charge in [-0.05, 0) is 23.7 Å². The topological polar surface area (TPSA) is 41.3 Å². The van der Waals surface area contributed by atoms with Crippen molar-refractivity contribution in [3.8, 4) is 0 Å². The predicted molar refractivity (Wildman–Crippen MR) is 79.2 cm³/mol. The highest BCUT2D eigenvalue weighted by molar-refractivity contribution is 5.49. The van der Waals surface area contributed by atoms with Crippen molar-refractivity contribution < 1.29 is 9.50 Å². The number of fused-ring (bicyclic) bond motifs is 1. The maximum atomic E-state index is 12.9. The number of nitrogens with zero attached hydrogens (tertiary/aromatic N) is 1.